The molecule has 0 nitrogen and oxygen atoms in total. The number of aryl methyl sites for hydroxylation is 9. The van der Waals surface area contributed by atoms with Crippen LogP contribution in [-0.4, -0.2) is 0 Å². The van der Waals surface area contributed by atoms with Gasteiger partial charge in [-0.1, -0.05) is 467 Å². The first-order chi connectivity index (χ1) is 48.1. The molecule has 6 aromatic carbocycles. The zero-order valence-corrected chi connectivity index (χ0v) is 69.8. The van der Waals surface area contributed by atoms with Crippen LogP contribution < -0.4 is 0 Å². The fourth-order valence-electron chi connectivity index (χ4n) is 14.5. The smallest absolute Gasteiger partial charge is 0.00256 e. The lowest BCUT2D eigenvalue weighted by molar-refractivity contribution is 0.0421. The minimum absolute atomic E-state index is 0. The second-order valence-electron chi connectivity index (χ2n) is 32.7. The van der Waals surface area contributed by atoms with E-state index in [1.54, 1.807) is 0 Å². The Kier molecular flexibility index (Phi) is 78.3. The minimum Gasteiger partial charge on any atom is -0.0776 e. The molecule has 0 atom stereocenters. The van der Waals surface area contributed by atoms with E-state index >= 15 is 0 Å². The van der Waals surface area contributed by atoms with Crippen LogP contribution in [0.4, 0.5) is 0 Å². The Bertz CT molecular complexity index is 2680. The molecular weight excluding hydrogens is 1300 g/mol. The predicted octanol–water partition coefficient (Wildman–Crippen LogP) is 37.2. The molecule has 0 heterocycles. The molecule has 0 amide bonds. The van der Waals surface area contributed by atoms with Crippen molar-refractivity contribution in [2.75, 3.05) is 0 Å². The van der Waals surface area contributed by atoms with Crippen molar-refractivity contribution in [3.8, 4) is 0 Å². The van der Waals surface area contributed by atoms with Gasteiger partial charge < -0.3 is 0 Å². The first-order valence-corrected chi connectivity index (χ1v) is 42.5. The summed E-state index contributed by atoms with van der Waals surface area (Å²) < 4.78 is 0. The molecule has 3 fully saturated rings. The Morgan fingerprint density at radius 1 is 0.259 bits per heavy atom. The maximum atomic E-state index is 2.58. The molecular formula is C108H194. The van der Waals surface area contributed by atoms with E-state index < -0.39 is 0 Å². The average molecular weight is 1490 g/mol. The van der Waals surface area contributed by atoms with Crippen molar-refractivity contribution >= 4 is 0 Å². The Morgan fingerprint density at radius 3 is 0.787 bits per heavy atom. The first kappa shape index (κ1) is 117. The standard InChI is InChI=1S/C17H32.C17H20.C15H22.C15H16.C14H30.C10H14.C8H18.C4H10.8CH4/c1-13-5-9-15(10-6-13)17(3,4)16-11-7-14(2)8-12-16;1-12-5-7-16(9-14(12)3)11-17-8-6-13(2)15(4)10-17;2*1-12-3-7-14(8-4-12)11-15-9-5-13(2)6-10-15;1-3-5-7-9-11-13-14-12-10-8-6-4-2;1-3-9-6-5-7-10(4-2)8-9;1-3-5-7-8-6-4-2;1-3-4-2;;;;;;;;/h13-16H,5-12H2,1-4H3;5-10H,11H2,1-4H3;3-4,7-8,13,15H,5-6,9-11H2,1-2H3;3-10H,11H2,1-2H3;3-14H2,1-2H3;5-8H,3-4H2,1-2H3;3-8H2,1-2H3;3-4H2,1-2H3;8*1H4. The Hall–Kier alpha value is -4.68. The zero-order chi connectivity index (χ0) is 73.8. The number of benzene rings is 6. The van der Waals surface area contributed by atoms with Gasteiger partial charge in [0.2, 0.25) is 0 Å². The van der Waals surface area contributed by atoms with Gasteiger partial charge in [-0.3, -0.25) is 0 Å². The number of rotatable bonds is 27. The first-order valence-electron chi connectivity index (χ1n) is 42.5. The summed E-state index contributed by atoms with van der Waals surface area (Å²) >= 11 is 0. The summed E-state index contributed by atoms with van der Waals surface area (Å²) in [6.45, 7) is 45.3. The van der Waals surface area contributed by atoms with Crippen molar-refractivity contribution in [3.63, 3.8) is 0 Å². The van der Waals surface area contributed by atoms with Crippen LogP contribution in [0.3, 0.4) is 0 Å². The third-order valence-corrected chi connectivity index (χ3v) is 22.8. The summed E-state index contributed by atoms with van der Waals surface area (Å²) in [5, 5.41) is 0. The van der Waals surface area contributed by atoms with Crippen LogP contribution in [0, 0.1) is 89.4 Å². The molecule has 3 aliphatic carbocycles. The molecule has 0 unspecified atom stereocenters. The summed E-state index contributed by atoms with van der Waals surface area (Å²) in [5.41, 5.74) is 20.1. The van der Waals surface area contributed by atoms with Gasteiger partial charge in [-0.25, -0.2) is 0 Å². The van der Waals surface area contributed by atoms with Gasteiger partial charge in [0.1, 0.15) is 0 Å². The summed E-state index contributed by atoms with van der Waals surface area (Å²) in [7, 11) is 0. The van der Waals surface area contributed by atoms with E-state index in [1.165, 1.54) is 290 Å². The highest BCUT2D eigenvalue weighted by molar-refractivity contribution is 5.37. The molecule has 0 heteroatoms. The lowest BCUT2D eigenvalue weighted by Crippen LogP contribution is -2.36. The topological polar surface area (TPSA) is 0 Å². The lowest BCUT2D eigenvalue weighted by Gasteiger charge is -2.46. The van der Waals surface area contributed by atoms with Crippen molar-refractivity contribution in [1.29, 1.82) is 0 Å². The van der Waals surface area contributed by atoms with Gasteiger partial charge in [-0.2, -0.15) is 0 Å². The SMILES string of the molecule is C.C.C.C.C.C.C.C.CC1CCC(C(C)(C)C2CCC(C)CC2)CC1.CCCC.CCCCCCCC.CCCCCCCCCCCCCC.CCc1cccc(CC)c1.Cc1ccc(CC2CCC(C)CC2)cc1.Cc1ccc(Cc2ccc(C)c(C)c2)cc1C.Cc1ccc(Cc2ccc(C)cc2)cc1. The second-order valence-corrected chi connectivity index (χ2v) is 32.7. The molecule has 626 valence electrons. The number of unbranched alkanes of at least 4 members (excludes halogenated alkanes) is 17. The Labute approximate surface area is 683 Å². The molecule has 0 N–H and O–H groups in total. The van der Waals surface area contributed by atoms with Crippen LogP contribution in [-0.2, 0) is 32.1 Å². The van der Waals surface area contributed by atoms with E-state index in [4.69, 9.17) is 0 Å². The van der Waals surface area contributed by atoms with E-state index in [0.29, 0.717) is 5.41 Å². The molecule has 0 aliphatic heterocycles. The van der Waals surface area contributed by atoms with Crippen molar-refractivity contribution in [3.05, 3.63) is 211 Å². The van der Waals surface area contributed by atoms with Crippen molar-refractivity contribution < 1.29 is 0 Å². The van der Waals surface area contributed by atoms with Gasteiger partial charge in [-0.15, -0.1) is 0 Å². The summed E-state index contributed by atoms with van der Waals surface area (Å²) in [4.78, 5) is 0. The van der Waals surface area contributed by atoms with Gasteiger partial charge in [0.05, 0.1) is 0 Å². The van der Waals surface area contributed by atoms with Crippen molar-refractivity contribution in [1.82, 2.24) is 0 Å². The fourth-order valence-corrected chi connectivity index (χ4v) is 14.5. The maximum absolute atomic E-state index is 2.58. The second kappa shape index (κ2) is 72.6. The molecule has 6 aromatic rings. The molecule has 0 bridgehead atoms. The molecule has 0 spiro atoms. The molecule has 108 heavy (non-hydrogen) atoms. The number of hydrogen-bond donors (Lipinski definition) is 0. The van der Waals surface area contributed by atoms with Gasteiger partial charge in [0, 0.05) is 0 Å². The molecule has 3 saturated carbocycles. The predicted molar refractivity (Wildman–Crippen MR) is 507 cm³/mol. The summed E-state index contributed by atoms with van der Waals surface area (Å²) in [6, 6.07) is 48.8. The van der Waals surface area contributed by atoms with E-state index in [0.717, 1.165) is 61.2 Å². The molecule has 9 rings (SSSR count). The summed E-state index contributed by atoms with van der Waals surface area (Å²) in [6.07, 6.45) is 51.9. The fraction of sp³-hybridized carbons (Fsp3) is 0.667. The monoisotopic (exact) mass is 1490 g/mol. The van der Waals surface area contributed by atoms with E-state index in [2.05, 4.69) is 272 Å². The quantitative estimate of drug-likeness (QED) is 0.0451. The van der Waals surface area contributed by atoms with Crippen LogP contribution >= 0.6 is 0 Å². The van der Waals surface area contributed by atoms with Gasteiger partial charge >= 0.3 is 0 Å². The summed E-state index contributed by atoms with van der Waals surface area (Å²) in [5.74, 6) is 5.93. The van der Waals surface area contributed by atoms with Crippen LogP contribution in [0.15, 0.2) is 133 Å². The maximum Gasteiger partial charge on any atom is -0.00256 e. The average Bonchev–Trinajstić information content (AvgIpc) is 0.812. The third-order valence-electron chi connectivity index (χ3n) is 22.8. The van der Waals surface area contributed by atoms with Crippen molar-refractivity contribution in [2.45, 2.75) is 435 Å². The molecule has 0 aromatic heterocycles. The third kappa shape index (κ3) is 54.9. The van der Waals surface area contributed by atoms with Gasteiger partial charge in [-0.05, 0) is 221 Å². The van der Waals surface area contributed by atoms with Gasteiger partial charge in [0.25, 0.3) is 0 Å². The van der Waals surface area contributed by atoms with Crippen LogP contribution in [0.2, 0.25) is 0 Å². The molecule has 0 saturated heterocycles. The van der Waals surface area contributed by atoms with Crippen LogP contribution in [0.25, 0.3) is 0 Å². The molecule has 3 aliphatic rings. The van der Waals surface area contributed by atoms with E-state index in [9.17, 15) is 0 Å². The van der Waals surface area contributed by atoms with Gasteiger partial charge in [0.15, 0.2) is 0 Å². The van der Waals surface area contributed by atoms with Crippen LogP contribution in [0.1, 0.15) is 433 Å². The Morgan fingerprint density at radius 2 is 0.519 bits per heavy atom. The Balaban J connectivity index is -0.000000218. The largest absolute Gasteiger partial charge is 0.0776 e. The normalized spacial score (nSPS) is 16.4. The zero-order valence-electron chi connectivity index (χ0n) is 69.8. The highest BCUT2D eigenvalue weighted by Crippen LogP contribution is 2.49. The van der Waals surface area contributed by atoms with Crippen molar-refractivity contribution in [2.24, 2.45) is 40.9 Å². The highest BCUT2D eigenvalue weighted by atomic mass is 14.4. The van der Waals surface area contributed by atoms with E-state index in [1.807, 2.05) is 0 Å². The minimum atomic E-state index is 0. The van der Waals surface area contributed by atoms with E-state index in [-0.39, 0.29) is 59.4 Å². The molecule has 0 radical (unpaired) electrons. The highest BCUT2D eigenvalue weighted by Gasteiger charge is 2.39. The van der Waals surface area contributed by atoms with Crippen LogP contribution in [0.5, 0.6) is 0 Å². The number of hydrogen-bond acceptors (Lipinski definition) is 0. The lowest BCUT2D eigenvalue weighted by atomic mass is 9.59.